The van der Waals surface area contributed by atoms with E-state index in [4.69, 9.17) is 10.6 Å². The molecule has 1 atom stereocenters. The zero-order chi connectivity index (χ0) is 10.7. The Labute approximate surface area is 87.7 Å². The van der Waals surface area contributed by atoms with Crippen LogP contribution in [-0.2, 0) is 4.84 Å². The molecule has 0 fully saturated rings. The molecule has 5 nitrogen and oxygen atoms in total. The maximum atomic E-state index is 9.84. The van der Waals surface area contributed by atoms with Crippen LogP contribution in [0.1, 0.15) is 11.7 Å². The maximum Gasteiger partial charge on any atom is 0.495 e. The van der Waals surface area contributed by atoms with Crippen molar-refractivity contribution >= 4 is 0 Å². The van der Waals surface area contributed by atoms with Gasteiger partial charge in [-0.1, -0.05) is 35.3 Å². The van der Waals surface area contributed by atoms with E-state index < -0.39 is 6.10 Å². The summed E-state index contributed by atoms with van der Waals surface area (Å²) in [5, 5.41) is 11.3. The van der Waals surface area contributed by atoms with E-state index in [-0.39, 0.29) is 5.88 Å². The Balaban J connectivity index is 1.96. The summed E-state index contributed by atoms with van der Waals surface area (Å²) in [5.74, 6) is 0.162. The molecule has 0 aliphatic carbocycles. The Morgan fingerprint density at radius 3 is 2.80 bits per heavy atom. The van der Waals surface area contributed by atoms with Crippen molar-refractivity contribution in [3.63, 3.8) is 0 Å². The largest absolute Gasteiger partial charge is 0.495 e. The molecule has 0 bridgehead atoms. The second-order valence-electron chi connectivity index (χ2n) is 3.21. The SMILES string of the molecule is NC1=[C+]N(CC(O)c2ccccc2)NO1. The average molecular weight is 206 g/mol. The van der Waals surface area contributed by atoms with Gasteiger partial charge in [-0.25, -0.2) is 0 Å². The lowest BCUT2D eigenvalue weighted by Gasteiger charge is -2.10. The molecule has 1 aliphatic heterocycles. The van der Waals surface area contributed by atoms with E-state index in [1.807, 2.05) is 30.3 Å². The van der Waals surface area contributed by atoms with Crippen LogP contribution in [0.2, 0.25) is 0 Å². The maximum absolute atomic E-state index is 9.84. The zero-order valence-corrected chi connectivity index (χ0v) is 8.05. The van der Waals surface area contributed by atoms with E-state index in [1.54, 1.807) is 0 Å². The predicted molar refractivity (Wildman–Crippen MR) is 53.3 cm³/mol. The molecular weight excluding hydrogens is 194 g/mol. The fourth-order valence-corrected chi connectivity index (χ4v) is 1.32. The Hall–Kier alpha value is -1.81. The first-order valence-electron chi connectivity index (χ1n) is 4.58. The number of nitrogens with two attached hydrogens (primary N) is 1. The molecule has 0 saturated carbocycles. The van der Waals surface area contributed by atoms with Crippen molar-refractivity contribution in [2.24, 2.45) is 5.73 Å². The Kier molecular flexibility index (Phi) is 2.69. The van der Waals surface area contributed by atoms with Gasteiger partial charge >= 0.3 is 12.1 Å². The normalized spacial score (nSPS) is 16.6. The summed E-state index contributed by atoms with van der Waals surface area (Å²) in [6.45, 7) is 0.324. The van der Waals surface area contributed by atoms with E-state index in [1.165, 1.54) is 5.01 Å². The fourth-order valence-electron chi connectivity index (χ4n) is 1.32. The van der Waals surface area contributed by atoms with Crippen LogP contribution in [0.25, 0.3) is 0 Å². The van der Waals surface area contributed by atoms with Gasteiger partial charge in [-0.15, -0.1) is 0 Å². The van der Waals surface area contributed by atoms with Gasteiger partial charge in [0.25, 0.3) is 0 Å². The number of aliphatic hydroxyl groups is 1. The Bertz CT molecular complexity index is 353. The van der Waals surface area contributed by atoms with Gasteiger partial charge in [0.05, 0.1) is 0 Å². The van der Waals surface area contributed by atoms with Crippen molar-refractivity contribution in [2.45, 2.75) is 6.10 Å². The molecule has 0 spiro atoms. The zero-order valence-electron chi connectivity index (χ0n) is 8.05. The van der Waals surface area contributed by atoms with Crippen molar-refractivity contribution in [3.05, 3.63) is 48.0 Å². The number of nitrogens with zero attached hydrogens (tertiary/aromatic N) is 1. The molecule has 1 aromatic rings. The number of hydrogen-bond donors (Lipinski definition) is 3. The molecule has 0 saturated heterocycles. The minimum Gasteiger partial charge on any atom is -0.386 e. The minimum absolute atomic E-state index is 0.162. The lowest BCUT2D eigenvalue weighted by Crippen LogP contribution is -2.32. The van der Waals surface area contributed by atoms with Crippen LogP contribution in [0.5, 0.6) is 0 Å². The highest BCUT2D eigenvalue weighted by Crippen LogP contribution is 2.14. The fraction of sp³-hybridized carbons (Fsp3) is 0.200. The first kappa shape index (κ1) is 9.73. The molecule has 0 radical (unpaired) electrons. The number of hydrogen-bond acceptors (Lipinski definition) is 5. The van der Waals surface area contributed by atoms with Crippen LogP contribution in [0.4, 0.5) is 0 Å². The van der Waals surface area contributed by atoms with Crippen molar-refractivity contribution in [3.8, 4) is 0 Å². The quantitative estimate of drug-likeness (QED) is 0.609. The van der Waals surface area contributed by atoms with Crippen molar-refractivity contribution in [2.75, 3.05) is 6.54 Å². The van der Waals surface area contributed by atoms with Crippen LogP contribution < -0.4 is 11.3 Å². The summed E-state index contributed by atoms with van der Waals surface area (Å²) >= 11 is 0. The third-order valence-corrected chi connectivity index (χ3v) is 2.05. The summed E-state index contributed by atoms with van der Waals surface area (Å²) in [6, 6.07) is 9.36. The first-order chi connectivity index (χ1) is 7.25. The van der Waals surface area contributed by atoms with Gasteiger partial charge in [-0.3, -0.25) is 0 Å². The molecular formula is C10H12N3O2+. The molecule has 1 heterocycles. The third kappa shape index (κ3) is 2.35. The van der Waals surface area contributed by atoms with Gasteiger partial charge in [0.2, 0.25) is 0 Å². The number of rotatable bonds is 3. The van der Waals surface area contributed by atoms with Crippen molar-refractivity contribution < 1.29 is 9.94 Å². The van der Waals surface area contributed by atoms with E-state index in [9.17, 15) is 5.11 Å². The van der Waals surface area contributed by atoms with Gasteiger partial charge in [-0.2, -0.15) is 0 Å². The minimum atomic E-state index is -0.610. The molecule has 1 aromatic carbocycles. The smallest absolute Gasteiger partial charge is 0.386 e. The Morgan fingerprint density at radius 2 is 2.20 bits per heavy atom. The Morgan fingerprint density at radius 1 is 1.47 bits per heavy atom. The number of aliphatic hydroxyl groups excluding tert-OH is 1. The summed E-state index contributed by atoms with van der Waals surface area (Å²) in [5.41, 5.74) is 8.68. The van der Waals surface area contributed by atoms with E-state index in [0.29, 0.717) is 6.54 Å². The molecule has 0 aromatic heterocycles. The highest BCUT2D eigenvalue weighted by molar-refractivity contribution is 5.17. The van der Waals surface area contributed by atoms with Crippen LogP contribution >= 0.6 is 0 Å². The van der Waals surface area contributed by atoms with Gasteiger partial charge < -0.3 is 15.7 Å². The lowest BCUT2D eigenvalue weighted by atomic mass is 10.1. The van der Waals surface area contributed by atoms with Gasteiger partial charge in [0.15, 0.2) is 0 Å². The second-order valence-corrected chi connectivity index (χ2v) is 3.21. The van der Waals surface area contributed by atoms with Crippen molar-refractivity contribution in [1.29, 1.82) is 0 Å². The van der Waals surface area contributed by atoms with Crippen LogP contribution in [0.15, 0.2) is 36.2 Å². The third-order valence-electron chi connectivity index (χ3n) is 2.05. The first-order valence-corrected chi connectivity index (χ1v) is 4.58. The molecule has 1 aliphatic rings. The second kappa shape index (κ2) is 4.14. The standard InChI is InChI=1S/C10H12N3O2/c11-10-7-13(12-15-10)6-9(14)8-4-2-1-3-5-8/h1-5,9,12,14H,6,11H2/q+1. The topological polar surface area (TPSA) is 70.8 Å². The van der Waals surface area contributed by atoms with E-state index in [0.717, 1.165) is 5.56 Å². The van der Waals surface area contributed by atoms with Crippen molar-refractivity contribution in [1.82, 2.24) is 10.6 Å². The lowest BCUT2D eigenvalue weighted by molar-refractivity contribution is -0.00497. The number of nitrogens with one attached hydrogen (secondary N) is 1. The molecule has 2 rings (SSSR count). The average Bonchev–Trinajstić information content (AvgIpc) is 2.65. The summed E-state index contributed by atoms with van der Waals surface area (Å²) in [4.78, 5) is 4.75. The molecule has 4 N–H and O–H groups in total. The van der Waals surface area contributed by atoms with E-state index in [2.05, 4.69) is 11.8 Å². The highest BCUT2D eigenvalue weighted by atomic mass is 16.7. The van der Waals surface area contributed by atoms with Gasteiger partial charge in [0.1, 0.15) is 12.6 Å². The summed E-state index contributed by atoms with van der Waals surface area (Å²) < 4.78 is 0. The van der Waals surface area contributed by atoms with Crippen LogP contribution in [0, 0.1) is 6.20 Å². The summed E-state index contributed by atoms with van der Waals surface area (Å²) in [7, 11) is 0. The summed E-state index contributed by atoms with van der Waals surface area (Å²) in [6.07, 6.45) is 2.08. The monoisotopic (exact) mass is 206 g/mol. The molecule has 1 unspecified atom stereocenters. The number of β-amino-alcohol motifs (C(OH)–C–C–N with tert-alkyl or cyclic N) is 1. The number of hydrazine groups is 1. The van der Waals surface area contributed by atoms with Crippen LogP contribution in [-0.4, -0.2) is 16.7 Å². The highest BCUT2D eigenvalue weighted by Gasteiger charge is 2.29. The predicted octanol–water partition coefficient (Wildman–Crippen LogP) is 0.0326. The van der Waals surface area contributed by atoms with Crippen LogP contribution in [0.3, 0.4) is 0 Å². The van der Waals surface area contributed by atoms with E-state index >= 15 is 0 Å². The molecule has 78 valence electrons. The number of benzene rings is 1. The van der Waals surface area contributed by atoms with Gasteiger partial charge in [-0.05, 0) is 11.2 Å². The molecule has 5 heteroatoms. The molecule has 0 amide bonds. The van der Waals surface area contributed by atoms with Gasteiger partial charge in [0, 0.05) is 0 Å². The molecule has 15 heavy (non-hydrogen) atoms.